The highest BCUT2D eigenvalue weighted by atomic mass is 32.1. The van der Waals surface area contributed by atoms with E-state index in [9.17, 15) is 28.5 Å². The monoisotopic (exact) mass is 371 g/mol. The number of ether oxygens (including phenoxy) is 2. The topological polar surface area (TPSA) is 95.7 Å². The minimum Gasteiger partial charge on any atom is -0.450 e. The molecule has 1 heterocycles. The lowest BCUT2D eigenvalue weighted by Crippen LogP contribution is -2.24. The summed E-state index contributed by atoms with van der Waals surface area (Å²) < 4.78 is 33.3. The minimum absolute atomic E-state index is 0.00738. The zero-order chi connectivity index (χ0) is 18.6. The molecule has 0 fully saturated rings. The number of hydrogen-bond donors (Lipinski definition) is 0. The van der Waals surface area contributed by atoms with Crippen LogP contribution in [0.2, 0.25) is 0 Å². The molecule has 0 spiro atoms. The van der Waals surface area contributed by atoms with Gasteiger partial charge in [0.05, 0.1) is 4.92 Å². The van der Waals surface area contributed by atoms with Crippen molar-refractivity contribution in [3.8, 4) is 5.75 Å². The molecule has 0 aliphatic rings. The molecular weight excluding hydrogens is 360 g/mol. The summed E-state index contributed by atoms with van der Waals surface area (Å²) in [6.07, 6.45) is -1.16. The average Bonchev–Trinajstić information content (AvgIpc) is 3.04. The van der Waals surface area contributed by atoms with Gasteiger partial charge in [0.15, 0.2) is 6.10 Å². The first kappa shape index (κ1) is 18.5. The van der Waals surface area contributed by atoms with Crippen LogP contribution in [0.4, 0.5) is 13.8 Å². The molecule has 0 amide bonds. The molecule has 1 atom stereocenters. The number of thiophene rings is 1. The van der Waals surface area contributed by atoms with Crippen molar-refractivity contribution in [2.24, 2.45) is 0 Å². The molecule has 0 radical (unpaired) electrons. The summed E-state index contributed by atoms with van der Waals surface area (Å²) in [6.45, 7) is -1.64. The Morgan fingerprint density at radius 2 is 1.80 bits per heavy atom. The van der Waals surface area contributed by atoms with E-state index in [1.807, 2.05) is 0 Å². The van der Waals surface area contributed by atoms with Gasteiger partial charge in [0, 0.05) is 11.6 Å². The van der Waals surface area contributed by atoms with E-state index in [2.05, 4.69) is 4.74 Å². The number of rotatable bonds is 7. The second-order valence-corrected chi connectivity index (χ2v) is 5.77. The Bertz CT molecular complexity index is 790. The van der Waals surface area contributed by atoms with Gasteiger partial charge in [-0.15, -0.1) is 0 Å². The lowest BCUT2D eigenvalue weighted by atomic mass is 10.1. The Morgan fingerprint density at radius 3 is 2.32 bits per heavy atom. The van der Waals surface area contributed by atoms with Crippen LogP contribution in [0.3, 0.4) is 0 Å². The second kappa shape index (κ2) is 7.79. The van der Waals surface area contributed by atoms with Crippen molar-refractivity contribution < 1.29 is 32.8 Å². The maximum Gasteiger partial charge on any atom is 0.387 e. The molecule has 0 saturated heterocycles. The Morgan fingerprint density at radius 1 is 1.16 bits per heavy atom. The van der Waals surface area contributed by atoms with Crippen LogP contribution in [0.25, 0.3) is 0 Å². The lowest BCUT2D eigenvalue weighted by molar-refractivity contribution is -0.380. The molecule has 1 aromatic carbocycles. The van der Waals surface area contributed by atoms with Crippen LogP contribution in [-0.2, 0) is 4.74 Å². The molecule has 0 N–H and O–H groups in total. The molecule has 2 rings (SSSR count). The highest BCUT2D eigenvalue weighted by Crippen LogP contribution is 2.25. The number of ketones is 1. The van der Waals surface area contributed by atoms with Gasteiger partial charge in [0.2, 0.25) is 5.78 Å². The summed E-state index contributed by atoms with van der Waals surface area (Å²) in [5.41, 5.74) is 0.138. The van der Waals surface area contributed by atoms with Crippen LogP contribution >= 0.6 is 11.3 Å². The first-order valence-corrected chi connectivity index (χ1v) is 7.64. The van der Waals surface area contributed by atoms with Crippen molar-refractivity contribution in [3.05, 3.63) is 57.0 Å². The molecule has 132 valence electrons. The minimum atomic E-state index is -2.98. The van der Waals surface area contributed by atoms with E-state index in [1.54, 1.807) is 0 Å². The van der Waals surface area contributed by atoms with E-state index in [1.165, 1.54) is 37.3 Å². The van der Waals surface area contributed by atoms with E-state index < -0.39 is 29.4 Å². The predicted octanol–water partition coefficient (Wildman–Crippen LogP) is 3.69. The molecule has 0 bridgehead atoms. The summed E-state index contributed by atoms with van der Waals surface area (Å²) in [6, 6.07) is 7.31. The summed E-state index contributed by atoms with van der Waals surface area (Å²) in [5, 5.41) is 10.4. The number of esters is 1. The summed E-state index contributed by atoms with van der Waals surface area (Å²) in [5.74, 6) is -1.53. The van der Waals surface area contributed by atoms with Crippen LogP contribution in [0.15, 0.2) is 36.4 Å². The number of Topliss-reactive ketones (excluding diaryl/α,β-unsaturated/α-hetero) is 1. The third-order valence-corrected chi connectivity index (χ3v) is 4.01. The fourth-order valence-electron chi connectivity index (χ4n) is 1.84. The SMILES string of the molecule is C[C@H](OC(=O)c1ccc([N+](=O)[O-])s1)C(=O)c1ccc(OC(F)F)cc1. The molecule has 10 heteroatoms. The van der Waals surface area contributed by atoms with E-state index in [4.69, 9.17) is 4.74 Å². The predicted molar refractivity (Wildman–Crippen MR) is 83.3 cm³/mol. The van der Waals surface area contributed by atoms with Gasteiger partial charge in [-0.2, -0.15) is 8.78 Å². The molecule has 0 aliphatic carbocycles. The van der Waals surface area contributed by atoms with Crippen molar-refractivity contribution in [1.29, 1.82) is 0 Å². The Labute approximate surface area is 143 Å². The van der Waals surface area contributed by atoms with Gasteiger partial charge in [0.25, 0.3) is 0 Å². The van der Waals surface area contributed by atoms with Gasteiger partial charge in [0.1, 0.15) is 10.6 Å². The van der Waals surface area contributed by atoms with Crippen molar-refractivity contribution in [3.63, 3.8) is 0 Å². The number of nitrogens with zero attached hydrogens (tertiary/aromatic N) is 1. The standard InChI is InChI=1S/C15H11F2NO6S/c1-8(23-14(20)11-6-7-12(25-11)18(21)22)13(19)9-2-4-10(5-3-9)24-15(16)17/h2-8,15H,1H3/t8-/m0/s1. The molecule has 25 heavy (non-hydrogen) atoms. The van der Waals surface area contributed by atoms with E-state index in [-0.39, 0.29) is 21.2 Å². The van der Waals surface area contributed by atoms with Crippen molar-refractivity contribution >= 4 is 28.1 Å². The fraction of sp³-hybridized carbons (Fsp3) is 0.200. The van der Waals surface area contributed by atoms with Gasteiger partial charge in [-0.05, 0) is 37.3 Å². The van der Waals surface area contributed by atoms with Crippen molar-refractivity contribution in [2.45, 2.75) is 19.6 Å². The van der Waals surface area contributed by atoms with Crippen molar-refractivity contribution in [2.75, 3.05) is 0 Å². The number of carbonyl (C=O) groups excluding carboxylic acids is 2. The number of alkyl halides is 2. The van der Waals surface area contributed by atoms with Crippen LogP contribution in [0, 0.1) is 10.1 Å². The quantitative estimate of drug-likeness (QED) is 0.319. The molecule has 2 aromatic rings. The maximum absolute atomic E-state index is 12.2. The van der Waals surface area contributed by atoms with Gasteiger partial charge < -0.3 is 9.47 Å². The summed E-state index contributed by atoms with van der Waals surface area (Å²) >= 11 is 0.634. The van der Waals surface area contributed by atoms with E-state index in [0.29, 0.717) is 11.3 Å². The molecule has 0 aliphatic heterocycles. The molecule has 1 aromatic heterocycles. The number of carbonyl (C=O) groups is 2. The van der Waals surface area contributed by atoms with Crippen LogP contribution in [0.1, 0.15) is 27.0 Å². The first-order valence-electron chi connectivity index (χ1n) is 6.82. The Hall–Kier alpha value is -2.88. The number of benzene rings is 1. The molecule has 0 unspecified atom stereocenters. The second-order valence-electron chi connectivity index (χ2n) is 4.71. The van der Waals surface area contributed by atoms with Crippen molar-refractivity contribution in [1.82, 2.24) is 0 Å². The van der Waals surface area contributed by atoms with Gasteiger partial charge >= 0.3 is 17.6 Å². The highest BCUT2D eigenvalue weighted by molar-refractivity contribution is 7.17. The molecule has 0 saturated carbocycles. The van der Waals surface area contributed by atoms with Crippen LogP contribution < -0.4 is 4.74 Å². The number of halogens is 2. The van der Waals surface area contributed by atoms with Crippen LogP contribution in [-0.4, -0.2) is 29.4 Å². The zero-order valence-electron chi connectivity index (χ0n) is 12.7. The first-order chi connectivity index (χ1) is 11.8. The fourth-order valence-corrected chi connectivity index (χ4v) is 2.55. The maximum atomic E-state index is 12.2. The van der Waals surface area contributed by atoms with Crippen LogP contribution in [0.5, 0.6) is 5.75 Å². The Balaban J connectivity index is 2.01. The third-order valence-electron chi connectivity index (χ3n) is 2.99. The number of nitro groups is 1. The lowest BCUT2D eigenvalue weighted by Gasteiger charge is -2.12. The van der Waals surface area contributed by atoms with Gasteiger partial charge in [-0.3, -0.25) is 14.9 Å². The average molecular weight is 371 g/mol. The highest BCUT2D eigenvalue weighted by Gasteiger charge is 2.23. The summed E-state index contributed by atoms with van der Waals surface area (Å²) in [7, 11) is 0. The normalized spacial score (nSPS) is 11.8. The molecule has 7 nitrogen and oxygen atoms in total. The summed E-state index contributed by atoms with van der Waals surface area (Å²) in [4.78, 5) is 34.1. The van der Waals surface area contributed by atoms with E-state index >= 15 is 0 Å². The van der Waals surface area contributed by atoms with E-state index in [0.717, 1.165) is 6.07 Å². The Kier molecular flexibility index (Phi) is 5.75. The largest absolute Gasteiger partial charge is 0.450 e. The van der Waals surface area contributed by atoms with Gasteiger partial charge in [-0.25, -0.2) is 4.79 Å². The zero-order valence-corrected chi connectivity index (χ0v) is 13.5. The van der Waals surface area contributed by atoms with Gasteiger partial charge in [-0.1, -0.05) is 11.3 Å². The number of hydrogen-bond acceptors (Lipinski definition) is 7. The molecular formula is C15H11F2NO6S. The third kappa shape index (κ3) is 4.80. The smallest absolute Gasteiger partial charge is 0.387 e.